The van der Waals surface area contributed by atoms with Crippen LogP contribution in [0.25, 0.3) is 0 Å². The molecule has 4 rings (SSSR count). The molecule has 3 aliphatic rings. The molecule has 1 aromatic heterocycles. The molecule has 6 heteroatoms. The second kappa shape index (κ2) is 6.46. The topological polar surface area (TPSA) is 66.7 Å². The Kier molecular flexibility index (Phi) is 4.29. The molecule has 0 N–H and O–H groups in total. The number of rotatable bonds is 4. The number of oxazole rings is 1. The summed E-state index contributed by atoms with van der Waals surface area (Å²) >= 11 is 0. The highest BCUT2D eigenvalue weighted by Crippen LogP contribution is 2.41. The molecule has 6 nitrogen and oxygen atoms in total. The van der Waals surface area contributed by atoms with Gasteiger partial charge in [-0.2, -0.15) is 0 Å². The zero-order valence-electron chi connectivity index (χ0n) is 15.0. The first-order valence-corrected chi connectivity index (χ1v) is 9.64. The molecule has 2 amide bonds. The van der Waals surface area contributed by atoms with E-state index >= 15 is 0 Å². The first kappa shape index (κ1) is 16.6. The molecule has 0 unspecified atom stereocenters. The number of likely N-dealkylation sites (tertiary alicyclic amines) is 2. The van der Waals surface area contributed by atoms with E-state index in [1.165, 1.54) is 25.7 Å². The normalized spacial score (nSPS) is 27.2. The number of piperidine rings is 1. The van der Waals surface area contributed by atoms with Crippen molar-refractivity contribution >= 4 is 11.8 Å². The van der Waals surface area contributed by atoms with Crippen LogP contribution in [0.2, 0.25) is 0 Å². The highest BCUT2D eigenvalue weighted by Gasteiger charge is 2.50. The monoisotopic (exact) mass is 345 g/mol. The minimum Gasteiger partial charge on any atom is -0.448 e. The molecule has 1 aliphatic carbocycles. The van der Waals surface area contributed by atoms with Gasteiger partial charge < -0.3 is 14.2 Å². The predicted octanol–water partition coefficient (Wildman–Crippen LogP) is 2.49. The van der Waals surface area contributed by atoms with Crippen LogP contribution in [-0.4, -0.2) is 52.8 Å². The summed E-state index contributed by atoms with van der Waals surface area (Å²) in [5.41, 5.74) is 0.0439. The van der Waals surface area contributed by atoms with Crippen molar-refractivity contribution < 1.29 is 14.0 Å². The predicted molar refractivity (Wildman–Crippen MR) is 92.0 cm³/mol. The quantitative estimate of drug-likeness (QED) is 0.841. The summed E-state index contributed by atoms with van der Waals surface area (Å²) in [6.45, 7) is 4.91. The van der Waals surface area contributed by atoms with Gasteiger partial charge >= 0.3 is 0 Å². The van der Waals surface area contributed by atoms with Crippen LogP contribution in [0.15, 0.2) is 10.8 Å². The second-order valence-corrected chi connectivity index (χ2v) is 7.89. The zero-order chi connectivity index (χ0) is 17.4. The lowest BCUT2D eigenvalue weighted by Crippen LogP contribution is -2.52. The Balaban J connectivity index is 1.46. The Labute approximate surface area is 148 Å². The van der Waals surface area contributed by atoms with Crippen LogP contribution < -0.4 is 0 Å². The van der Waals surface area contributed by atoms with Crippen LogP contribution in [0.4, 0.5) is 0 Å². The third-order valence-corrected chi connectivity index (χ3v) is 6.33. The fourth-order valence-corrected chi connectivity index (χ4v) is 4.58. The van der Waals surface area contributed by atoms with Crippen LogP contribution in [0, 0.1) is 11.3 Å². The van der Waals surface area contributed by atoms with E-state index in [1.807, 2.05) is 11.8 Å². The smallest absolute Gasteiger partial charge is 0.276 e. The molecule has 3 heterocycles. The van der Waals surface area contributed by atoms with Crippen molar-refractivity contribution in [3.05, 3.63) is 17.8 Å². The maximum atomic E-state index is 13.2. The highest BCUT2D eigenvalue weighted by atomic mass is 16.3. The first-order chi connectivity index (χ1) is 12.1. The molecule has 0 radical (unpaired) electrons. The molecule has 1 atom stereocenters. The van der Waals surface area contributed by atoms with Crippen molar-refractivity contribution in [1.82, 2.24) is 14.8 Å². The van der Waals surface area contributed by atoms with Gasteiger partial charge in [-0.25, -0.2) is 4.98 Å². The molecule has 2 aliphatic heterocycles. The summed E-state index contributed by atoms with van der Waals surface area (Å²) < 4.78 is 5.30. The Bertz CT molecular complexity index is 667. The van der Waals surface area contributed by atoms with Gasteiger partial charge in [-0.1, -0.05) is 13.3 Å². The van der Waals surface area contributed by atoms with Crippen molar-refractivity contribution in [3.8, 4) is 0 Å². The van der Waals surface area contributed by atoms with E-state index in [-0.39, 0.29) is 17.2 Å². The van der Waals surface area contributed by atoms with E-state index in [0.717, 1.165) is 32.4 Å². The maximum Gasteiger partial charge on any atom is 0.276 e. The molecular formula is C19H27N3O3. The number of nitrogens with zero attached hydrogens (tertiary/aromatic N) is 3. The third kappa shape index (κ3) is 2.85. The highest BCUT2D eigenvalue weighted by molar-refractivity contribution is 5.94. The lowest BCUT2D eigenvalue weighted by Gasteiger charge is -2.42. The average Bonchev–Trinajstić information content (AvgIpc) is 3.21. The third-order valence-electron chi connectivity index (χ3n) is 6.33. The van der Waals surface area contributed by atoms with E-state index in [1.54, 1.807) is 0 Å². The molecular weight excluding hydrogens is 318 g/mol. The molecule has 136 valence electrons. The number of aryl methyl sites for hydroxylation is 1. The molecule has 25 heavy (non-hydrogen) atoms. The maximum absolute atomic E-state index is 13.2. The Morgan fingerprint density at radius 3 is 2.88 bits per heavy atom. The fourth-order valence-electron chi connectivity index (χ4n) is 4.58. The van der Waals surface area contributed by atoms with Crippen molar-refractivity contribution in [2.45, 2.75) is 51.9 Å². The van der Waals surface area contributed by atoms with Gasteiger partial charge in [0.05, 0.1) is 5.41 Å². The summed E-state index contributed by atoms with van der Waals surface area (Å²) in [5, 5.41) is 0. The Morgan fingerprint density at radius 1 is 1.32 bits per heavy atom. The number of carbonyl (C=O) groups excluding carboxylic acids is 2. The minimum absolute atomic E-state index is 0.0913. The zero-order valence-corrected chi connectivity index (χ0v) is 15.0. The van der Waals surface area contributed by atoms with Crippen molar-refractivity contribution in [2.75, 3.05) is 26.2 Å². The van der Waals surface area contributed by atoms with E-state index in [4.69, 9.17) is 4.42 Å². The fraction of sp³-hybridized carbons (Fsp3) is 0.737. The SMILES string of the molecule is CCc1ocnc1C(=O)N1CC[C@@]2(CCCN(CC3CCC3)C2=O)C1. The largest absolute Gasteiger partial charge is 0.448 e. The average molecular weight is 345 g/mol. The molecule has 2 saturated heterocycles. The number of aromatic nitrogens is 1. The van der Waals surface area contributed by atoms with Gasteiger partial charge in [0.25, 0.3) is 5.91 Å². The van der Waals surface area contributed by atoms with Crippen LogP contribution in [-0.2, 0) is 11.2 Å². The number of hydrogen-bond acceptors (Lipinski definition) is 4. The number of amides is 2. The second-order valence-electron chi connectivity index (χ2n) is 7.89. The standard InChI is InChI=1S/C19H27N3O3/c1-2-15-16(20-13-25-15)17(23)22-10-8-19(12-22)7-4-9-21(18(19)24)11-14-5-3-6-14/h13-14H,2-12H2,1H3/t19-/m0/s1. The lowest BCUT2D eigenvalue weighted by molar-refractivity contribution is -0.146. The molecule has 0 bridgehead atoms. The van der Waals surface area contributed by atoms with E-state index < -0.39 is 0 Å². The Morgan fingerprint density at radius 2 is 2.16 bits per heavy atom. The van der Waals surface area contributed by atoms with Crippen molar-refractivity contribution in [3.63, 3.8) is 0 Å². The van der Waals surface area contributed by atoms with Gasteiger partial charge in [0.15, 0.2) is 12.1 Å². The summed E-state index contributed by atoms with van der Waals surface area (Å²) in [6.07, 6.45) is 8.52. The van der Waals surface area contributed by atoms with Crippen LogP contribution >= 0.6 is 0 Å². The molecule has 0 aromatic carbocycles. The molecule has 3 fully saturated rings. The molecule has 1 aromatic rings. The van der Waals surface area contributed by atoms with Crippen LogP contribution in [0.1, 0.15) is 61.7 Å². The van der Waals surface area contributed by atoms with E-state index in [9.17, 15) is 9.59 Å². The van der Waals surface area contributed by atoms with Crippen molar-refractivity contribution in [2.24, 2.45) is 11.3 Å². The summed E-state index contributed by atoms with van der Waals surface area (Å²) in [7, 11) is 0. The summed E-state index contributed by atoms with van der Waals surface area (Å²) in [5.74, 6) is 1.51. The van der Waals surface area contributed by atoms with Gasteiger partial charge in [0.1, 0.15) is 5.76 Å². The first-order valence-electron chi connectivity index (χ1n) is 9.64. The lowest BCUT2D eigenvalue weighted by atomic mass is 9.77. The number of carbonyl (C=O) groups is 2. The van der Waals surface area contributed by atoms with Gasteiger partial charge in [-0.05, 0) is 38.0 Å². The van der Waals surface area contributed by atoms with Crippen molar-refractivity contribution in [1.29, 1.82) is 0 Å². The van der Waals surface area contributed by atoms with E-state index in [0.29, 0.717) is 36.9 Å². The molecule has 1 spiro atoms. The minimum atomic E-state index is -0.367. The van der Waals surface area contributed by atoms with Gasteiger partial charge in [0, 0.05) is 32.6 Å². The van der Waals surface area contributed by atoms with Gasteiger partial charge in [-0.3, -0.25) is 9.59 Å². The van der Waals surface area contributed by atoms with Gasteiger partial charge in [0.2, 0.25) is 5.91 Å². The van der Waals surface area contributed by atoms with E-state index in [2.05, 4.69) is 9.88 Å². The van der Waals surface area contributed by atoms with Gasteiger partial charge in [-0.15, -0.1) is 0 Å². The van der Waals surface area contributed by atoms with Crippen LogP contribution in [0.5, 0.6) is 0 Å². The summed E-state index contributed by atoms with van der Waals surface area (Å²) in [6, 6.07) is 0. The Hall–Kier alpha value is -1.85. The van der Waals surface area contributed by atoms with Crippen LogP contribution in [0.3, 0.4) is 0 Å². The number of hydrogen-bond donors (Lipinski definition) is 0. The summed E-state index contributed by atoms with van der Waals surface area (Å²) in [4.78, 5) is 34.0. The molecule has 1 saturated carbocycles.